The van der Waals surface area contributed by atoms with Gasteiger partial charge in [0, 0.05) is 27.4 Å². The Bertz CT molecular complexity index is 1240. The van der Waals surface area contributed by atoms with E-state index < -0.39 is 4.87 Å². The number of carbonyl (C=O) groups is 2. The smallest absolute Gasteiger partial charge is 0.268 e. The van der Waals surface area contributed by atoms with Crippen LogP contribution in [-0.2, 0) is 16.2 Å². The maximum atomic E-state index is 14.3. The average Bonchev–Trinajstić information content (AvgIpc) is 3.20. The Labute approximate surface area is 203 Å². The fraction of sp³-hybridized carbons (Fsp3) is 0.259. The molecule has 1 spiro atoms. The van der Waals surface area contributed by atoms with Crippen molar-refractivity contribution < 1.29 is 9.59 Å². The number of carbonyl (C=O) groups excluding carboxylic acids is 2. The maximum Gasteiger partial charge on any atom is 0.268 e. The maximum absolute atomic E-state index is 14.3. The SMILES string of the molecule is Cc1ccc2c(c1)C1(SC(C)(C)CN1C(=O)c1ccc(Cl)cc1)C(=O)N2Cc1ccccc1. The summed E-state index contributed by atoms with van der Waals surface area (Å²) in [6.07, 6.45) is 0. The lowest BCUT2D eigenvalue weighted by molar-refractivity contribution is -0.123. The monoisotopic (exact) mass is 476 g/mol. The number of rotatable bonds is 3. The molecule has 0 aliphatic carbocycles. The number of hydrogen-bond acceptors (Lipinski definition) is 3. The van der Waals surface area contributed by atoms with E-state index in [0.29, 0.717) is 23.7 Å². The average molecular weight is 477 g/mol. The summed E-state index contributed by atoms with van der Waals surface area (Å²) in [5.41, 5.74) is 4.40. The number of halogens is 1. The van der Waals surface area contributed by atoms with Crippen LogP contribution in [0.2, 0.25) is 5.02 Å². The third kappa shape index (κ3) is 3.64. The van der Waals surface area contributed by atoms with E-state index in [2.05, 4.69) is 19.9 Å². The standard InChI is InChI=1S/C27H25ClN2O2S/c1-18-9-14-23-22(15-18)27(25(32)29(23)16-19-7-5-4-6-8-19)30(17-26(2,3)33-27)24(31)20-10-12-21(28)13-11-20/h4-15H,16-17H2,1-3H3. The van der Waals surface area contributed by atoms with Crippen LogP contribution in [0.4, 0.5) is 5.69 Å². The molecule has 1 unspecified atom stereocenters. The van der Waals surface area contributed by atoms with Crippen LogP contribution in [0.1, 0.15) is 40.9 Å². The largest absolute Gasteiger partial charge is 0.310 e. The van der Waals surface area contributed by atoms with Crippen molar-refractivity contribution in [2.75, 3.05) is 11.4 Å². The molecule has 6 heteroatoms. The number of aryl methyl sites for hydroxylation is 1. The molecule has 0 bridgehead atoms. The molecule has 2 heterocycles. The van der Waals surface area contributed by atoms with Crippen LogP contribution in [0.3, 0.4) is 0 Å². The van der Waals surface area contributed by atoms with Gasteiger partial charge in [-0.2, -0.15) is 0 Å². The molecule has 168 valence electrons. The van der Waals surface area contributed by atoms with Crippen LogP contribution in [0.5, 0.6) is 0 Å². The van der Waals surface area contributed by atoms with Gasteiger partial charge in [-0.25, -0.2) is 0 Å². The molecule has 0 N–H and O–H groups in total. The molecule has 1 saturated heterocycles. The molecule has 5 rings (SSSR count). The van der Waals surface area contributed by atoms with Crippen molar-refractivity contribution in [3.63, 3.8) is 0 Å². The Kier molecular flexibility index (Phi) is 5.30. The van der Waals surface area contributed by atoms with Crippen molar-refractivity contribution in [3.8, 4) is 0 Å². The molecule has 3 aromatic carbocycles. The minimum atomic E-state index is -1.10. The number of hydrogen-bond donors (Lipinski definition) is 0. The first kappa shape index (κ1) is 22.1. The molecule has 0 radical (unpaired) electrons. The molecule has 1 fully saturated rings. The fourth-order valence-corrected chi connectivity index (χ4v) is 6.64. The van der Waals surface area contributed by atoms with Crippen LogP contribution in [0, 0.1) is 6.92 Å². The number of thioether (sulfide) groups is 1. The Morgan fingerprint density at radius 3 is 2.42 bits per heavy atom. The lowest BCUT2D eigenvalue weighted by Gasteiger charge is -2.33. The van der Waals surface area contributed by atoms with Crippen molar-refractivity contribution in [1.29, 1.82) is 0 Å². The molecule has 4 nitrogen and oxygen atoms in total. The summed E-state index contributed by atoms with van der Waals surface area (Å²) in [7, 11) is 0. The topological polar surface area (TPSA) is 40.6 Å². The van der Waals surface area contributed by atoms with Gasteiger partial charge in [0.25, 0.3) is 11.8 Å². The molecule has 1 atom stereocenters. The summed E-state index contributed by atoms with van der Waals surface area (Å²) in [6.45, 7) is 7.14. The minimum absolute atomic E-state index is 0.0650. The molecular weight excluding hydrogens is 452 g/mol. The second-order valence-corrected chi connectivity index (χ2v) is 11.6. The third-order valence-corrected chi connectivity index (χ3v) is 8.05. The van der Waals surface area contributed by atoms with Crippen molar-refractivity contribution in [2.24, 2.45) is 0 Å². The van der Waals surface area contributed by atoms with E-state index >= 15 is 0 Å². The first-order chi connectivity index (χ1) is 15.7. The van der Waals surface area contributed by atoms with Gasteiger partial charge < -0.3 is 9.80 Å². The summed E-state index contributed by atoms with van der Waals surface area (Å²) in [5, 5.41) is 0.573. The first-order valence-electron chi connectivity index (χ1n) is 11.0. The predicted octanol–water partition coefficient (Wildman–Crippen LogP) is 6.02. The predicted molar refractivity (Wildman–Crippen MR) is 135 cm³/mol. The minimum Gasteiger partial charge on any atom is -0.310 e. The van der Waals surface area contributed by atoms with Gasteiger partial charge in [0.15, 0.2) is 4.87 Å². The Morgan fingerprint density at radius 2 is 1.73 bits per heavy atom. The van der Waals surface area contributed by atoms with E-state index in [-0.39, 0.29) is 16.6 Å². The van der Waals surface area contributed by atoms with Gasteiger partial charge >= 0.3 is 0 Å². The number of fused-ring (bicyclic) bond motifs is 2. The molecule has 3 aromatic rings. The number of anilines is 1. The van der Waals surface area contributed by atoms with E-state index in [1.165, 1.54) is 0 Å². The second-order valence-electron chi connectivity index (χ2n) is 9.30. The van der Waals surface area contributed by atoms with Gasteiger partial charge in [-0.1, -0.05) is 59.6 Å². The number of nitrogens with zero attached hydrogens (tertiary/aromatic N) is 2. The van der Waals surface area contributed by atoms with Crippen molar-refractivity contribution in [1.82, 2.24) is 4.90 Å². The van der Waals surface area contributed by atoms with Gasteiger partial charge in [-0.05, 0) is 56.7 Å². The van der Waals surface area contributed by atoms with Gasteiger partial charge in [0.2, 0.25) is 0 Å². The Balaban J connectivity index is 1.65. The summed E-state index contributed by atoms with van der Waals surface area (Å²) in [4.78, 5) is 30.6. The lowest BCUT2D eigenvalue weighted by atomic mass is 10.0. The highest BCUT2D eigenvalue weighted by Crippen LogP contribution is 2.60. The summed E-state index contributed by atoms with van der Waals surface area (Å²) in [6, 6.07) is 23.0. The van der Waals surface area contributed by atoms with E-state index in [4.69, 9.17) is 11.6 Å². The molecular formula is C27H25ClN2O2S. The zero-order valence-corrected chi connectivity index (χ0v) is 20.4. The summed E-state index contributed by atoms with van der Waals surface area (Å²) in [5.74, 6) is -0.225. The third-order valence-electron chi connectivity index (χ3n) is 6.21. The Hall–Kier alpha value is -2.76. The van der Waals surface area contributed by atoms with E-state index in [1.54, 1.807) is 40.9 Å². The first-order valence-corrected chi connectivity index (χ1v) is 12.2. The Morgan fingerprint density at radius 1 is 1.03 bits per heavy atom. The summed E-state index contributed by atoms with van der Waals surface area (Å²) < 4.78 is -0.290. The highest BCUT2D eigenvalue weighted by atomic mass is 35.5. The van der Waals surface area contributed by atoms with Crippen LogP contribution >= 0.6 is 23.4 Å². The fourth-order valence-electron chi connectivity index (χ4n) is 4.79. The van der Waals surface area contributed by atoms with Crippen molar-refractivity contribution in [2.45, 2.75) is 36.9 Å². The molecule has 33 heavy (non-hydrogen) atoms. The molecule has 0 saturated carbocycles. The lowest BCUT2D eigenvalue weighted by Crippen LogP contribution is -2.50. The van der Waals surface area contributed by atoms with Crippen LogP contribution in [0.25, 0.3) is 0 Å². The van der Waals surface area contributed by atoms with Crippen LogP contribution in [-0.4, -0.2) is 28.0 Å². The van der Waals surface area contributed by atoms with Gasteiger partial charge in [-0.3, -0.25) is 9.59 Å². The molecule has 2 aliphatic rings. The van der Waals surface area contributed by atoms with Crippen LogP contribution in [0.15, 0.2) is 72.8 Å². The van der Waals surface area contributed by atoms with Crippen LogP contribution < -0.4 is 4.90 Å². The normalized spacial score (nSPS) is 21.0. The summed E-state index contributed by atoms with van der Waals surface area (Å²) >= 11 is 7.63. The van der Waals surface area contributed by atoms with Gasteiger partial charge in [0.1, 0.15) is 0 Å². The highest BCUT2D eigenvalue weighted by molar-refractivity contribution is 8.02. The quantitative estimate of drug-likeness (QED) is 0.464. The number of amides is 2. The van der Waals surface area contributed by atoms with Gasteiger partial charge in [-0.15, -0.1) is 11.8 Å². The van der Waals surface area contributed by atoms with Crippen molar-refractivity contribution in [3.05, 3.63) is 100 Å². The molecule has 2 amide bonds. The zero-order valence-electron chi connectivity index (χ0n) is 18.8. The highest BCUT2D eigenvalue weighted by Gasteiger charge is 2.63. The molecule has 2 aliphatic heterocycles. The second kappa shape index (κ2) is 7.93. The van der Waals surface area contributed by atoms with E-state index in [9.17, 15) is 9.59 Å². The molecule has 0 aromatic heterocycles. The van der Waals surface area contributed by atoms with Gasteiger partial charge in [0.05, 0.1) is 12.2 Å². The van der Waals surface area contributed by atoms with Crippen molar-refractivity contribution >= 4 is 40.9 Å². The van der Waals surface area contributed by atoms with E-state index in [1.807, 2.05) is 54.3 Å². The zero-order chi connectivity index (χ0) is 23.4. The number of benzene rings is 3. The van der Waals surface area contributed by atoms with E-state index in [0.717, 1.165) is 22.4 Å².